The first-order chi connectivity index (χ1) is 16.0. The Morgan fingerprint density at radius 2 is 1.91 bits per heavy atom. The van der Waals surface area contributed by atoms with Gasteiger partial charge in [0.05, 0.1) is 5.69 Å². The highest BCUT2D eigenvalue weighted by molar-refractivity contribution is 9.10. The van der Waals surface area contributed by atoms with Crippen LogP contribution in [0.3, 0.4) is 0 Å². The second-order valence-corrected chi connectivity index (χ2v) is 11.7. The molecule has 1 N–H and O–H groups in total. The van der Waals surface area contributed by atoms with Crippen LogP contribution in [0, 0.1) is 17.8 Å². The number of benzene rings is 1. The Kier molecular flexibility index (Phi) is 6.56. The maximum Gasteiger partial charge on any atom is 0.284 e. The summed E-state index contributed by atoms with van der Waals surface area (Å²) in [7, 11) is 0. The molecule has 4 atom stereocenters. The molecule has 1 amide bonds. The van der Waals surface area contributed by atoms with Crippen LogP contribution in [0.5, 0.6) is 0 Å². The maximum absolute atomic E-state index is 13.5. The van der Waals surface area contributed by atoms with Crippen molar-refractivity contribution in [3.8, 4) is 5.69 Å². The van der Waals surface area contributed by atoms with E-state index in [1.807, 2.05) is 28.9 Å². The zero-order valence-corrected chi connectivity index (χ0v) is 21.3. The Labute approximate surface area is 205 Å². The third-order valence-corrected chi connectivity index (χ3v) is 8.92. The molecule has 3 aliphatic rings. The summed E-state index contributed by atoms with van der Waals surface area (Å²) in [6, 6.07) is 7.74. The molecule has 0 spiro atoms. The van der Waals surface area contributed by atoms with Gasteiger partial charge in [0.15, 0.2) is 0 Å². The molecular formula is C27H36BrN3O2. The zero-order valence-electron chi connectivity index (χ0n) is 19.7. The zero-order chi connectivity index (χ0) is 23.0. The Balaban J connectivity index is 1.43. The van der Waals surface area contributed by atoms with Crippen LogP contribution < -0.4 is 10.9 Å². The van der Waals surface area contributed by atoms with Gasteiger partial charge in [0.25, 0.3) is 11.5 Å². The molecule has 1 aromatic heterocycles. The first-order valence-corrected chi connectivity index (χ1v) is 13.7. The lowest BCUT2D eigenvalue weighted by atomic mass is 9.73. The van der Waals surface area contributed by atoms with Gasteiger partial charge in [0.1, 0.15) is 5.56 Å². The van der Waals surface area contributed by atoms with Crippen LogP contribution >= 0.6 is 15.9 Å². The molecule has 3 saturated carbocycles. The molecule has 33 heavy (non-hydrogen) atoms. The van der Waals surface area contributed by atoms with E-state index in [1.165, 1.54) is 38.5 Å². The number of rotatable bonds is 8. The largest absolute Gasteiger partial charge is 0.346 e. The van der Waals surface area contributed by atoms with Crippen molar-refractivity contribution in [1.29, 1.82) is 0 Å². The van der Waals surface area contributed by atoms with Gasteiger partial charge >= 0.3 is 0 Å². The van der Waals surface area contributed by atoms with E-state index in [4.69, 9.17) is 0 Å². The quantitative estimate of drug-likeness (QED) is 0.435. The molecule has 0 saturated heterocycles. The Morgan fingerprint density at radius 1 is 1.12 bits per heavy atom. The Hall–Kier alpha value is -1.82. The number of hydrogen-bond donors (Lipinski definition) is 1. The van der Waals surface area contributed by atoms with E-state index in [0.29, 0.717) is 0 Å². The molecule has 0 radical (unpaired) electrons. The first-order valence-electron chi connectivity index (χ1n) is 12.9. The molecule has 4 unspecified atom stereocenters. The first kappa shape index (κ1) is 22.9. The summed E-state index contributed by atoms with van der Waals surface area (Å²) in [5.41, 5.74) is 0.742. The van der Waals surface area contributed by atoms with Gasteiger partial charge in [-0.3, -0.25) is 14.3 Å². The number of carbonyl (C=O) groups is 1. The minimum atomic E-state index is -0.216. The molecule has 3 bridgehead atoms. The number of fused-ring (bicyclic) bond motifs is 2. The molecule has 5 nitrogen and oxygen atoms in total. The van der Waals surface area contributed by atoms with Crippen LogP contribution in [0.2, 0.25) is 0 Å². The highest BCUT2D eigenvalue weighted by atomic mass is 79.9. The number of nitrogens with zero attached hydrogens (tertiary/aromatic N) is 2. The number of amides is 1. The smallest absolute Gasteiger partial charge is 0.284 e. The normalized spacial score (nSPS) is 28.1. The van der Waals surface area contributed by atoms with Crippen molar-refractivity contribution in [2.45, 2.75) is 89.6 Å². The van der Waals surface area contributed by atoms with Crippen molar-refractivity contribution in [1.82, 2.24) is 14.7 Å². The van der Waals surface area contributed by atoms with E-state index in [1.54, 1.807) is 10.9 Å². The lowest BCUT2D eigenvalue weighted by Crippen LogP contribution is -2.52. The second-order valence-electron chi connectivity index (χ2n) is 10.8. The van der Waals surface area contributed by atoms with Crippen LogP contribution in [-0.2, 0) is 6.54 Å². The summed E-state index contributed by atoms with van der Waals surface area (Å²) in [5, 5.41) is 3.42. The lowest BCUT2D eigenvalue weighted by molar-refractivity contribution is 0.0823. The van der Waals surface area contributed by atoms with Crippen molar-refractivity contribution in [2.24, 2.45) is 17.8 Å². The summed E-state index contributed by atoms with van der Waals surface area (Å²) in [6.07, 6.45) is 14.7. The van der Waals surface area contributed by atoms with Crippen LogP contribution in [0.1, 0.15) is 87.9 Å². The van der Waals surface area contributed by atoms with Crippen LogP contribution in [0.15, 0.2) is 39.7 Å². The van der Waals surface area contributed by atoms with Gasteiger partial charge in [-0.25, -0.2) is 4.68 Å². The number of nitrogens with one attached hydrogen (secondary N) is 1. The maximum atomic E-state index is 13.5. The monoisotopic (exact) mass is 513 g/mol. The standard InChI is InChI=1S/C27H36BrN3O2/c1-2-3-4-5-13-30-18-24(26(33)31(30)23-10-8-22(28)9-11-23)25(32)29-27-12-6-7-20-14-19(16-27)15-21(20)17-27/h8-11,18-21H,2-7,12-17H2,1H3,(H,29,32). The van der Waals surface area contributed by atoms with Gasteiger partial charge in [-0.1, -0.05) is 55.0 Å². The number of halogens is 1. The van der Waals surface area contributed by atoms with Gasteiger partial charge in [-0.15, -0.1) is 0 Å². The van der Waals surface area contributed by atoms with Gasteiger partial charge in [-0.2, -0.15) is 0 Å². The van der Waals surface area contributed by atoms with Gasteiger partial charge in [0, 0.05) is 22.8 Å². The molecule has 1 heterocycles. The van der Waals surface area contributed by atoms with E-state index in [0.717, 1.165) is 66.6 Å². The molecule has 2 aromatic rings. The Bertz CT molecular complexity index is 1060. The predicted molar refractivity (Wildman–Crippen MR) is 135 cm³/mol. The van der Waals surface area contributed by atoms with Gasteiger partial charge in [-0.05, 0) is 80.5 Å². The van der Waals surface area contributed by atoms with Crippen molar-refractivity contribution in [3.63, 3.8) is 0 Å². The molecule has 178 valence electrons. The average molecular weight is 515 g/mol. The van der Waals surface area contributed by atoms with Crippen LogP contribution in [0.4, 0.5) is 0 Å². The SMILES string of the molecule is CCCCCCn1cc(C(=O)NC23CCCC4CC(CC4C2)C3)c(=O)n1-c1ccc(Br)cc1. The van der Waals surface area contributed by atoms with Crippen LogP contribution in [0.25, 0.3) is 5.69 Å². The summed E-state index contributed by atoms with van der Waals surface area (Å²) < 4.78 is 4.59. The fraction of sp³-hybridized carbons (Fsp3) is 0.630. The second kappa shape index (κ2) is 9.44. The third-order valence-electron chi connectivity index (χ3n) is 8.39. The van der Waals surface area contributed by atoms with Gasteiger partial charge in [0.2, 0.25) is 0 Å². The number of carbonyl (C=O) groups excluding carboxylic acids is 1. The molecule has 3 aliphatic carbocycles. The van der Waals surface area contributed by atoms with E-state index in [9.17, 15) is 9.59 Å². The van der Waals surface area contributed by atoms with Crippen LogP contribution in [-0.4, -0.2) is 20.8 Å². The highest BCUT2D eigenvalue weighted by Gasteiger charge is 2.50. The highest BCUT2D eigenvalue weighted by Crippen LogP contribution is 2.55. The fourth-order valence-electron chi connectivity index (χ4n) is 6.99. The van der Waals surface area contributed by atoms with E-state index in [-0.39, 0.29) is 22.6 Å². The minimum Gasteiger partial charge on any atom is -0.346 e. The van der Waals surface area contributed by atoms with Crippen molar-refractivity contribution in [2.75, 3.05) is 0 Å². The summed E-state index contributed by atoms with van der Waals surface area (Å²) in [5.74, 6) is 2.18. The third kappa shape index (κ3) is 4.60. The van der Waals surface area contributed by atoms with E-state index < -0.39 is 0 Å². The minimum absolute atomic E-state index is 0.117. The summed E-state index contributed by atoms with van der Waals surface area (Å²) in [6.45, 7) is 2.93. The molecule has 5 rings (SSSR count). The summed E-state index contributed by atoms with van der Waals surface area (Å²) in [4.78, 5) is 27.1. The molecular weight excluding hydrogens is 478 g/mol. The van der Waals surface area contributed by atoms with E-state index in [2.05, 4.69) is 28.2 Å². The molecule has 6 heteroatoms. The number of unbranched alkanes of at least 4 members (excludes halogenated alkanes) is 3. The summed E-state index contributed by atoms with van der Waals surface area (Å²) >= 11 is 3.48. The molecule has 3 fully saturated rings. The van der Waals surface area contributed by atoms with Crippen molar-refractivity contribution in [3.05, 3.63) is 50.9 Å². The van der Waals surface area contributed by atoms with E-state index >= 15 is 0 Å². The number of aryl methyl sites for hydroxylation is 1. The lowest BCUT2D eigenvalue weighted by Gasteiger charge is -2.40. The Morgan fingerprint density at radius 3 is 2.70 bits per heavy atom. The fourth-order valence-corrected chi connectivity index (χ4v) is 7.25. The van der Waals surface area contributed by atoms with Crippen molar-refractivity contribution >= 4 is 21.8 Å². The molecule has 0 aliphatic heterocycles. The predicted octanol–water partition coefficient (Wildman–Crippen LogP) is 6.07. The van der Waals surface area contributed by atoms with Crippen molar-refractivity contribution < 1.29 is 4.79 Å². The topological polar surface area (TPSA) is 56.0 Å². The molecule has 1 aromatic carbocycles. The number of aromatic nitrogens is 2. The number of hydrogen-bond acceptors (Lipinski definition) is 2. The average Bonchev–Trinajstić information content (AvgIpc) is 3.23. The van der Waals surface area contributed by atoms with Gasteiger partial charge < -0.3 is 5.32 Å².